The molecule has 0 saturated carbocycles. The molecule has 0 amide bonds. The summed E-state index contributed by atoms with van der Waals surface area (Å²) >= 11 is 0. The summed E-state index contributed by atoms with van der Waals surface area (Å²) in [5.41, 5.74) is 2.34. The van der Waals surface area contributed by atoms with Gasteiger partial charge < -0.3 is 10.2 Å². The molecule has 1 aromatic heterocycles. The van der Waals surface area contributed by atoms with Crippen LogP contribution in [0.1, 0.15) is 25.5 Å². The van der Waals surface area contributed by atoms with E-state index in [2.05, 4.69) is 65.3 Å². The van der Waals surface area contributed by atoms with Gasteiger partial charge in [0.05, 0.1) is 5.69 Å². The van der Waals surface area contributed by atoms with Crippen molar-refractivity contribution in [2.24, 2.45) is 0 Å². The van der Waals surface area contributed by atoms with Crippen LogP contribution in [0.2, 0.25) is 0 Å². The Morgan fingerprint density at radius 3 is 2.81 bits per heavy atom. The highest BCUT2D eigenvalue weighted by atomic mass is 15.3. The van der Waals surface area contributed by atoms with Gasteiger partial charge in [-0.2, -0.15) is 0 Å². The first-order valence-corrected chi connectivity index (χ1v) is 7.87. The summed E-state index contributed by atoms with van der Waals surface area (Å²) in [6.45, 7) is 4.28. The van der Waals surface area contributed by atoms with Crippen molar-refractivity contribution in [1.82, 2.24) is 14.9 Å². The molecule has 4 nitrogen and oxygen atoms in total. The van der Waals surface area contributed by atoms with Crippen LogP contribution in [0.4, 0.5) is 5.95 Å². The number of rotatable bonds is 4. The molecule has 4 heteroatoms. The summed E-state index contributed by atoms with van der Waals surface area (Å²) < 4.78 is 2.23. The summed E-state index contributed by atoms with van der Waals surface area (Å²) in [5, 5.41) is 3.40. The van der Waals surface area contributed by atoms with E-state index in [1.807, 2.05) is 0 Å². The highest BCUT2D eigenvalue weighted by Crippen LogP contribution is 2.23. The molecule has 0 aliphatic carbocycles. The summed E-state index contributed by atoms with van der Waals surface area (Å²) in [6, 6.07) is 11.1. The molecule has 21 heavy (non-hydrogen) atoms. The lowest BCUT2D eigenvalue weighted by Crippen LogP contribution is -2.45. The van der Waals surface area contributed by atoms with Gasteiger partial charge in [-0.05, 0) is 38.4 Å². The molecule has 0 spiro atoms. The first-order chi connectivity index (χ1) is 10.3. The summed E-state index contributed by atoms with van der Waals surface area (Å²) in [4.78, 5) is 7.27. The Bertz CT molecular complexity index is 576. The van der Waals surface area contributed by atoms with Crippen LogP contribution in [0.25, 0.3) is 5.69 Å². The fraction of sp³-hybridized carbons (Fsp3) is 0.471. The van der Waals surface area contributed by atoms with Gasteiger partial charge in [-0.25, -0.2) is 4.98 Å². The molecule has 1 aliphatic rings. The number of likely N-dealkylation sites (N-methyl/N-ethyl adjacent to an activating group) is 1. The standard InChI is InChI=1S/C17H24N4/c1-3-14-13-21(16-9-5-4-6-10-16)17(19-14)20-11-7-8-15(12-20)18-2/h4-6,9-10,13,15,18H,3,7-8,11-12H2,1-2H3. The van der Waals surface area contributed by atoms with Crippen molar-refractivity contribution >= 4 is 5.95 Å². The monoisotopic (exact) mass is 284 g/mol. The van der Waals surface area contributed by atoms with Crippen molar-refractivity contribution in [3.63, 3.8) is 0 Å². The zero-order valence-electron chi connectivity index (χ0n) is 12.9. The highest BCUT2D eigenvalue weighted by molar-refractivity contribution is 5.45. The average Bonchev–Trinajstić information content (AvgIpc) is 3.00. The van der Waals surface area contributed by atoms with Crippen molar-refractivity contribution in [1.29, 1.82) is 0 Å². The minimum absolute atomic E-state index is 0.560. The maximum atomic E-state index is 4.86. The number of anilines is 1. The molecule has 0 radical (unpaired) electrons. The number of nitrogens with one attached hydrogen (secondary N) is 1. The number of nitrogens with zero attached hydrogens (tertiary/aromatic N) is 3. The molecule has 0 bridgehead atoms. The number of aromatic nitrogens is 2. The lowest BCUT2D eigenvalue weighted by atomic mass is 10.1. The number of hydrogen-bond acceptors (Lipinski definition) is 3. The Balaban J connectivity index is 1.95. The second kappa shape index (κ2) is 6.31. The predicted octanol–water partition coefficient (Wildman–Crippen LogP) is 2.62. The Morgan fingerprint density at radius 2 is 2.10 bits per heavy atom. The molecule has 1 unspecified atom stereocenters. The molecule has 3 rings (SSSR count). The van der Waals surface area contributed by atoms with E-state index in [9.17, 15) is 0 Å². The van der Waals surface area contributed by atoms with Gasteiger partial charge in [0, 0.05) is 31.0 Å². The predicted molar refractivity (Wildman–Crippen MR) is 87.2 cm³/mol. The molecule has 1 fully saturated rings. The fourth-order valence-electron chi connectivity index (χ4n) is 2.98. The Labute approximate surface area is 126 Å². The number of para-hydroxylation sites is 1. The highest BCUT2D eigenvalue weighted by Gasteiger charge is 2.23. The molecule has 1 atom stereocenters. The lowest BCUT2D eigenvalue weighted by molar-refractivity contribution is 0.444. The van der Waals surface area contributed by atoms with E-state index in [-0.39, 0.29) is 0 Å². The Hall–Kier alpha value is -1.81. The molecule has 1 saturated heterocycles. The quantitative estimate of drug-likeness (QED) is 0.937. The van der Waals surface area contributed by atoms with E-state index in [1.54, 1.807) is 0 Å². The molecular weight excluding hydrogens is 260 g/mol. The van der Waals surface area contributed by atoms with Crippen LogP contribution >= 0.6 is 0 Å². The maximum Gasteiger partial charge on any atom is 0.210 e. The van der Waals surface area contributed by atoms with Crippen LogP contribution in [0.15, 0.2) is 36.5 Å². The maximum absolute atomic E-state index is 4.86. The van der Waals surface area contributed by atoms with Crippen molar-refractivity contribution in [2.75, 3.05) is 25.0 Å². The van der Waals surface area contributed by atoms with E-state index < -0.39 is 0 Å². The van der Waals surface area contributed by atoms with E-state index in [0.717, 1.165) is 31.2 Å². The van der Waals surface area contributed by atoms with Gasteiger partial charge in [0.25, 0.3) is 0 Å². The molecule has 2 aromatic rings. The largest absolute Gasteiger partial charge is 0.340 e. The van der Waals surface area contributed by atoms with Gasteiger partial charge in [-0.15, -0.1) is 0 Å². The topological polar surface area (TPSA) is 33.1 Å². The first kappa shape index (κ1) is 14.1. The van der Waals surface area contributed by atoms with Crippen LogP contribution in [0.5, 0.6) is 0 Å². The molecule has 2 heterocycles. The SMILES string of the molecule is CCc1cn(-c2ccccc2)c(N2CCCC(NC)C2)n1. The zero-order valence-corrected chi connectivity index (χ0v) is 12.9. The molecule has 1 N–H and O–H groups in total. The first-order valence-electron chi connectivity index (χ1n) is 7.87. The van der Waals surface area contributed by atoms with Gasteiger partial charge in [-0.3, -0.25) is 4.57 Å². The van der Waals surface area contributed by atoms with Crippen LogP contribution in [-0.4, -0.2) is 35.7 Å². The number of aryl methyl sites for hydroxylation is 1. The normalized spacial score (nSPS) is 19.0. The van der Waals surface area contributed by atoms with Crippen LogP contribution in [-0.2, 0) is 6.42 Å². The third kappa shape index (κ3) is 2.95. The zero-order chi connectivity index (χ0) is 14.7. The third-order valence-electron chi connectivity index (χ3n) is 4.25. The van der Waals surface area contributed by atoms with Gasteiger partial charge >= 0.3 is 0 Å². The third-order valence-corrected chi connectivity index (χ3v) is 4.25. The Morgan fingerprint density at radius 1 is 1.29 bits per heavy atom. The van der Waals surface area contributed by atoms with Crippen molar-refractivity contribution in [3.05, 3.63) is 42.2 Å². The van der Waals surface area contributed by atoms with Crippen molar-refractivity contribution in [3.8, 4) is 5.69 Å². The second-order valence-corrected chi connectivity index (χ2v) is 5.67. The van der Waals surface area contributed by atoms with Crippen LogP contribution in [0.3, 0.4) is 0 Å². The molecule has 112 valence electrons. The number of imidazole rings is 1. The molecule has 1 aromatic carbocycles. The van der Waals surface area contributed by atoms with E-state index >= 15 is 0 Å². The van der Waals surface area contributed by atoms with Gasteiger partial charge in [0.1, 0.15) is 0 Å². The number of hydrogen-bond donors (Lipinski definition) is 1. The summed E-state index contributed by atoms with van der Waals surface area (Å²) in [6.07, 6.45) is 5.61. The molecular formula is C17H24N4. The number of benzene rings is 1. The van der Waals surface area contributed by atoms with Crippen LogP contribution in [0, 0.1) is 0 Å². The van der Waals surface area contributed by atoms with E-state index in [4.69, 9.17) is 4.98 Å². The summed E-state index contributed by atoms with van der Waals surface area (Å²) in [7, 11) is 2.05. The van der Waals surface area contributed by atoms with Crippen molar-refractivity contribution < 1.29 is 0 Å². The smallest absolute Gasteiger partial charge is 0.210 e. The Kier molecular flexibility index (Phi) is 4.25. The number of piperidine rings is 1. The minimum Gasteiger partial charge on any atom is -0.340 e. The lowest BCUT2D eigenvalue weighted by Gasteiger charge is -2.33. The van der Waals surface area contributed by atoms with E-state index in [1.165, 1.54) is 18.5 Å². The fourth-order valence-corrected chi connectivity index (χ4v) is 2.98. The molecule has 1 aliphatic heterocycles. The summed E-state index contributed by atoms with van der Waals surface area (Å²) in [5.74, 6) is 1.08. The van der Waals surface area contributed by atoms with E-state index in [0.29, 0.717) is 6.04 Å². The second-order valence-electron chi connectivity index (χ2n) is 5.67. The minimum atomic E-state index is 0.560. The van der Waals surface area contributed by atoms with Crippen molar-refractivity contribution in [2.45, 2.75) is 32.2 Å². The van der Waals surface area contributed by atoms with Gasteiger partial charge in [-0.1, -0.05) is 25.1 Å². The van der Waals surface area contributed by atoms with Crippen LogP contribution < -0.4 is 10.2 Å². The van der Waals surface area contributed by atoms with Gasteiger partial charge in [0.2, 0.25) is 5.95 Å². The average molecular weight is 284 g/mol. The van der Waals surface area contributed by atoms with Gasteiger partial charge in [0.15, 0.2) is 0 Å².